The second-order valence-electron chi connectivity index (χ2n) is 3.01. The van der Waals surface area contributed by atoms with E-state index >= 15 is 0 Å². The number of nitrogens with one attached hydrogen (secondary N) is 2. The fraction of sp³-hybridized carbons (Fsp3) is 0.625. The number of nitrogens with zero attached hydrogens (tertiary/aromatic N) is 1. The average molecular weight is 224 g/mol. The minimum atomic E-state index is 0. The van der Waals surface area contributed by atoms with Crippen LogP contribution in [0.1, 0.15) is 31.0 Å². The predicted molar refractivity (Wildman–Crippen MR) is 57.7 cm³/mol. The first kappa shape index (κ1) is 12.8. The van der Waals surface area contributed by atoms with Gasteiger partial charge in [0.15, 0.2) is 0 Å². The maximum Gasteiger partial charge on any atom is 0.0521 e. The van der Waals surface area contributed by atoms with Crippen LogP contribution in [0.25, 0.3) is 0 Å². The first-order valence-corrected chi connectivity index (χ1v) is 4.19. The predicted octanol–water partition coefficient (Wildman–Crippen LogP) is 2.07. The van der Waals surface area contributed by atoms with Gasteiger partial charge in [-0.25, -0.2) is 0 Å². The van der Waals surface area contributed by atoms with Crippen molar-refractivity contribution in [1.82, 2.24) is 15.5 Å². The molecule has 0 saturated carbocycles. The zero-order valence-electron chi connectivity index (χ0n) is 7.32. The van der Waals surface area contributed by atoms with Gasteiger partial charge < -0.3 is 5.32 Å². The van der Waals surface area contributed by atoms with Gasteiger partial charge in [-0.3, -0.25) is 5.10 Å². The highest BCUT2D eigenvalue weighted by Gasteiger charge is 2.14. The summed E-state index contributed by atoms with van der Waals surface area (Å²) in [5.74, 6) is 0. The number of H-pyrrole nitrogens is 1. The zero-order chi connectivity index (χ0) is 7.52. The lowest BCUT2D eigenvalue weighted by molar-refractivity contribution is 0.405. The maximum atomic E-state index is 3.93. The molecule has 1 fully saturated rings. The van der Waals surface area contributed by atoms with E-state index in [-0.39, 0.29) is 24.8 Å². The van der Waals surface area contributed by atoms with Crippen LogP contribution in [0.4, 0.5) is 0 Å². The van der Waals surface area contributed by atoms with E-state index in [1.165, 1.54) is 25.0 Å². The summed E-state index contributed by atoms with van der Waals surface area (Å²) in [6.07, 6.45) is 5.69. The first-order valence-electron chi connectivity index (χ1n) is 4.19. The Bertz CT molecular complexity index is 207. The van der Waals surface area contributed by atoms with Crippen LogP contribution in [-0.2, 0) is 0 Å². The maximum absolute atomic E-state index is 3.93. The molecule has 2 N–H and O–H groups in total. The molecule has 76 valence electrons. The van der Waals surface area contributed by atoms with E-state index < -0.39 is 0 Å². The van der Waals surface area contributed by atoms with Crippen molar-refractivity contribution >= 4 is 24.8 Å². The number of piperidine rings is 1. The van der Waals surface area contributed by atoms with Gasteiger partial charge in [0.1, 0.15) is 0 Å². The number of hydrogen-bond acceptors (Lipinski definition) is 2. The monoisotopic (exact) mass is 223 g/mol. The molecule has 0 bridgehead atoms. The SMILES string of the molecule is Cl.Cl.c1cc([C@H]2CCCCN2)[nH]n1. The van der Waals surface area contributed by atoms with Crippen LogP contribution in [-0.4, -0.2) is 16.7 Å². The Morgan fingerprint density at radius 3 is 2.69 bits per heavy atom. The van der Waals surface area contributed by atoms with Crippen molar-refractivity contribution in [2.24, 2.45) is 0 Å². The summed E-state index contributed by atoms with van der Waals surface area (Å²) in [5.41, 5.74) is 1.23. The standard InChI is InChI=1S/C8H13N3.2ClH/c1-2-5-9-7(3-1)8-4-6-10-11-8;;/h4,6-7,9H,1-3,5H2,(H,10,11);2*1H/t7-;;/m1../s1. The van der Waals surface area contributed by atoms with Crippen LogP contribution in [0.5, 0.6) is 0 Å². The smallest absolute Gasteiger partial charge is 0.0521 e. The Labute approximate surface area is 90.5 Å². The number of aromatic nitrogens is 2. The summed E-state index contributed by atoms with van der Waals surface area (Å²) < 4.78 is 0. The highest BCUT2D eigenvalue weighted by Crippen LogP contribution is 2.19. The molecule has 0 unspecified atom stereocenters. The van der Waals surface area contributed by atoms with Crippen molar-refractivity contribution in [3.8, 4) is 0 Å². The average Bonchev–Trinajstić information content (AvgIpc) is 2.58. The lowest BCUT2D eigenvalue weighted by atomic mass is 10.0. The molecule has 0 aromatic carbocycles. The van der Waals surface area contributed by atoms with E-state index in [0.29, 0.717) is 6.04 Å². The second-order valence-corrected chi connectivity index (χ2v) is 3.01. The molecule has 0 aliphatic carbocycles. The van der Waals surface area contributed by atoms with Gasteiger partial charge in [-0.1, -0.05) is 6.42 Å². The van der Waals surface area contributed by atoms with Crippen LogP contribution >= 0.6 is 24.8 Å². The second kappa shape index (κ2) is 6.24. The van der Waals surface area contributed by atoms with Crippen LogP contribution in [0.3, 0.4) is 0 Å². The third kappa shape index (κ3) is 3.18. The van der Waals surface area contributed by atoms with Gasteiger partial charge in [0.05, 0.1) is 5.69 Å². The molecule has 0 radical (unpaired) electrons. The Morgan fingerprint density at radius 1 is 1.31 bits per heavy atom. The molecule has 1 aromatic heterocycles. The van der Waals surface area contributed by atoms with Crippen molar-refractivity contribution in [2.45, 2.75) is 25.3 Å². The van der Waals surface area contributed by atoms with Crippen LogP contribution in [0.15, 0.2) is 12.3 Å². The van der Waals surface area contributed by atoms with Crippen molar-refractivity contribution in [2.75, 3.05) is 6.54 Å². The molecule has 3 nitrogen and oxygen atoms in total. The number of halogens is 2. The quantitative estimate of drug-likeness (QED) is 0.766. The lowest BCUT2D eigenvalue weighted by Crippen LogP contribution is -2.26. The molecule has 2 rings (SSSR count). The van der Waals surface area contributed by atoms with Crippen molar-refractivity contribution < 1.29 is 0 Å². The molecular weight excluding hydrogens is 209 g/mol. The molecule has 0 spiro atoms. The van der Waals surface area contributed by atoms with E-state index in [4.69, 9.17) is 0 Å². The summed E-state index contributed by atoms with van der Waals surface area (Å²) in [5, 5.41) is 10.4. The Balaban J connectivity index is 0.000000720. The summed E-state index contributed by atoms with van der Waals surface area (Å²) in [6.45, 7) is 1.14. The molecule has 13 heavy (non-hydrogen) atoms. The zero-order valence-corrected chi connectivity index (χ0v) is 8.96. The van der Waals surface area contributed by atoms with Crippen LogP contribution in [0.2, 0.25) is 0 Å². The molecule has 1 saturated heterocycles. The first-order chi connectivity index (χ1) is 5.47. The third-order valence-electron chi connectivity index (χ3n) is 2.21. The van der Waals surface area contributed by atoms with Crippen LogP contribution < -0.4 is 5.32 Å². The molecule has 1 aliphatic rings. The van der Waals surface area contributed by atoms with E-state index in [0.717, 1.165) is 6.54 Å². The van der Waals surface area contributed by atoms with E-state index in [2.05, 4.69) is 15.5 Å². The summed E-state index contributed by atoms with van der Waals surface area (Å²) in [7, 11) is 0. The van der Waals surface area contributed by atoms with Gasteiger partial charge in [-0.2, -0.15) is 5.10 Å². The Kier molecular flexibility index (Phi) is 6.12. The minimum Gasteiger partial charge on any atom is -0.309 e. The molecule has 1 aromatic rings. The van der Waals surface area contributed by atoms with E-state index in [9.17, 15) is 0 Å². The topological polar surface area (TPSA) is 40.7 Å². The van der Waals surface area contributed by atoms with Gasteiger partial charge >= 0.3 is 0 Å². The summed E-state index contributed by atoms with van der Waals surface area (Å²) >= 11 is 0. The van der Waals surface area contributed by atoms with Gasteiger partial charge in [0, 0.05) is 12.2 Å². The molecule has 1 atom stereocenters. The molecule has 2 heterocycles. The normalized spacial score (nSPS) is 21.4. The van der Waals surface area contributed by atoms with Crippen molar-refractivity contribution in [1.29, 1.82) is 0 Å². The minimum absolute atomic E-state index is 0. The molecule has 1 aliphatic heterocycles. The van der Waals surface area contributed by atoms with E-state index in [1.807, 2.05) is 12.3 Å². The van der Waals surface area contributed by atoms with Crippen LogP contribution in [0, 0.1) is 0 Å². The molecular formula is C8H15Cl2N3. The Hall–Kier alpha value is -0.250. The number of rotatable bonds is 1. The highest BCUT2D eigenvalue weighted by molar-refractivity contribution is 5.85. The largest absolute Gasteiger partial charge is 0.309 e. The fourth-order valence-corrected chi connectivity index (χ4v) is 1.58. The Morgan fingerprint density at radius 2 is 2.15 bits per heavy atom. The van der Waals surface area contributed by atoms with Gasteiger partial charge in [0.2, 0.25) is 0 Å². The van der Waals surface area contributed by atoms with Crippen molar-refractivity contribution in [3.63, 3.8) is 0 Å². The van der Waals surface area contributed by atoms with Crippen molar-refractivity contribution in [3.05, 3.63) is 18.0 Å². The summed E-state index contributed by atoms with van der Waals surface area (Å²) in [6, 6.07) is 2.56. The lowest BCUT2D eigenvalue weighted by Gasteiger charge is -2.21. The molecule has 0 amide bonds. The van der Waals surface area contributed by atoms with Gasteiger partial charge in [-0.05, 0) is 25.5 Å². The third-order valence-corrected chi connectivity index (χ3v) is 2.21. The van der Waals surface area contributed by atoms with E-state index in [1.54, 1.807) is 0 Å². The number of hydrogen-bond donors (Lipinski definition) is 2. The highest BCUT2D eigenvalue weighted by atomic mass is 35.5. The van der Waals surface area contributed by atoms with Gasteiger partial charge in [-0.15, -0.1) is 24.8 Å². The molecule has 5 heteroatoms. The van der Waals surface area contributed by atoms with Gasteiger partial charge in [0.25, 0.3) is 0 Å². The number of aromatic amines is 1. The summed E-state index contributed by atoms with van der Waals surface area (Å²) in [4.78, 5) is 0. The fourth-order valence-electron chi connectivity index (χ4n) is 1.58.